The van der Waals surface area contributed by atoms with Crippen molar-refractivity contribution in [2.45, 2.75) is 30.6 Å². The summed E-state index contributed by atoms with van der Waals surface area (Å²) >= 11 is 0. The molecule has 5 heterocycles. The molecule has 0 radical (unpaired) electrons. The Hall–Kier alpha value is -3.87. The third-order valence-corrected chi connectivity index (χ3v) is 7.66. The summed E-state index contributed by atoms with van der Waals surface area (Å²) in [7, 11) is 1.44. The van der Waals surface area contributed by atoms with Gasteiger partial charge in [0.15, 0.2) is 6.23 Å². The van der Waals surface area contributed by atoms with Gasteiger partial charge in [0.05, 0.1) is 34.3 Å². The number of aliphatic hydroxyl groups excluding tert-OH is 4. The van der Waals surface area contributed by atoms with Crippen LogP contribution in [0.5, 0.6) is 0 Å². The van der Waals surface area contributed by atoms with Crippen molar-refractivity contribution in [3.05, 3.63) is 53.9 Å². The molecule has 2 aliphatic heterocycles. The van der Waals surface area contributed by atoms with E-state index in [-0.39, 0.29) is 11.1 Å². The third-order valence-electron chi connectivity index (χ3n) is 7.66. The standard InChI is InChI=1S/C26H22N4O7/c1-29-24(35)17-15-10-4-2-3-5-12(10)28-19(15)20-16(18(17)25(29)36)11-8-27-7-6-13(11)30(20)26-23(34)22(33)21(32)14(9-31)37-26/h2-8,14,21-23,26,28,31-34H,9H2,1H3/t14-,21-,22+,23-,26?/m1/s1. The first kappa shape index (κ1) is 22.3. The van der Waals surface area contributed by atoms with E-state index in [0.717, 1.165) is 15.8 Å². The highest BCUT2D eigenvalue weighted by Crippen LogP contribution is 2.46. The lowest BCUT2D eigenvalue weighted by Gasteiger charge is -2.41. The zero-order valence-electron chi connectivity index (χ0n) is 19.5. The Bertz CT molecular complexity index is 1790. The molecule has 2 amide bonds. The van der Waals surface area contributed by atoms with Crippen molar-refractivity contribution in [2.75, 3.05) is 13.7 Å². The first-order valence-corrected chi connectivity index (χ1v) is 11.8. The molecule has 0 bridgehead atoms. The van der Waals surface area contributed by atoms with Crippen molar-refractivity contribution >= 4 is 55.4 Å². The summed E-state index contributed by atoms with van der Waals surface area (Å²) in [5.41, 5.74) is 2.78. The van der Waals surface area contributed by atoms with Crippen molar-refractivity contribution in [1.82, 2.24) is 19.4 Å². The Balaban J connectivity index is 1.71. The lowest BCUT2D eigenvalue weighted by atomic mass is 9.96. The minimum absolute atomic E-state index is 0.223. The Morgan fingerprint density at radius 2 is 1.70 bits per heavy atom. The molecule has 0 saturated carbocycles. The number of H-pyrrole nitrogens is 1. The average Bonchev–Trinajstić information content (AvgIpc) is 3.53. The zero-order chi connectivity index (χ0) is 25.7. The first-order chi connectivity index (χ1) is 17.8. The highest BCUT2D eigenvalue weighted by atomic mass is 16.6. The molecule has 188 valence electrons. The van der Waals surface area contributed by atoms with E-state index in [1.807, 2.05) is 24.3 Å². The molecule has 7 rings (SSSR count). The fourth-order valence-electron chi connectivity index (χ4n) is 5.90. The van der Waals surface area contributed by atoms with Crippen molar-refractivity contribution in [1.29, 1.82) is 0 Å². The van der Waals surface area contributed by atoms with Gasteiger partial charge in [-0.15, -0.1) is 0 Å². The fourth-order valence-corrected chi connectivity index (χ4v) is 5.90. The number of aliphatic hydroxyl groups is 4. The van der Waals surface area contributed by atoms with Gasteiger partial charge in [-0.1, -0.05) is 18.2 Å². The number of aromatic amines is 1. The SMILES string of the molecule is CN1C(=O)c2c(c3c4cnccc4n(C4O[C@H](CO)[C@@H](O)[C@H](O)[C@H]4O)c3c3[nH]c4ccccc4c23)C1=O. The van der Waals surface area contributed by atoms with Crippen molar-refractivity contribution in [3.8, 4) is 0 Å². The molecule has 3 aromatic heterocycles. The van der Waals surface area contributed by atoms with Gasteiger partial charge >= 0.3 is 0 Å². The van der Waals surface area contributed by atoms with Crippen LogP contribution in [0.2, 0.25) is 0 Å². The molecular formula is C26H22N4O7. The van der Waals surface area contributed by atoms with E-state index in [0.29, 0.717) is 32.7 Å². The molecule has 11 nitrogen and oxygen atoms in total. The number of rotatable bonds is 2. The van der Waals surface area contributed by atoms with Crippen LogP contribution in [0.15, 0.2) is 42.7 Å². The van der Waals surface area contributed by atoms with Gasteiger partial charge in [-0.25, -0.2) is 0 Å². The molecule has 11 heteroatoms. The molecule has 2 aliphatic rings. The van der Waals surface area contributed by atoms with Crippen LogP contribution in [-0.4, -0.2) is 89.7 Å². The number of benzene rings is 2. The first-order valence-electron chi connectivity index (χ1n) is 11.8. The van der Waals surface area contributed by atoms with Crippen LogP contribution < -0.4 is 0 Å². The van der Waals surface area contributed by atoms with Crippen molar-refractivity contribution in [2.24, 2.45) is 0 Å². The highest BCUT2D eigenvalue weighted by Gasteiger charge is 2.46. The zero-order valence-corrected chi connectivity index (χ0v) is 19.5. The second kappa shape index (κ2) is 7.57. The lowest BCUT2D eigenvalue weighted by Crippen LogP contribution is -2.56. The molecule has 5 aromatic rings. The number of hydrogen-bond acceptors (Lipinski definition) is 8. The number of imide groups is 1. The van der Waals surface area contributed by atoms with Crippen LogP contribution in [-0.2, 0) is 4.74 Å². The smallest absolute Gasteiger partial charge is 0.262 e. The number of carbonyl (C=O) groups excluding carboxylic acids is 2. The van der Waals surface area contributed by atoms with Crippen LogP contribution in [0.3, 0.4) is 0 Å². The monoisotopic (exact) mass is 502 g/mol. The van der Waals surface area contributed by atoms with E-state index in [1.165, 1.54) is 7.05 Å². The molecule has 5 N–H and O–H groups in total. The molecule has 1 unspecified atom stereocenters. The summed E-state index contributed by atoms with van der Waals surface area (Å²) in [4.78, 5) is 35.6. The molecule has 1 saturated heterocycles. The maximum atomic E-state index is 13.5. The second-order valence-corrected chi connectivity index (χ2v) is 9.55. The minimum atomic E-state index is -1.60. The van der Waals surface area contributed by atoms with Crippen LogP contribution in [0.1, 0.15) is 26.9 Å². The molecule has 5 atom stereocenters. The average molecular weight is 502 g/mol. The molecule has 0 aliphatic carbocycles. The number of pyridine rings is 1. The van der Waals surface area contributed by atoms with Gasteiger partial charge in [0, 0.05) is 46.5 Å². The van der Waals surface area contributed by atoms with Gasteiger partial charge in [0.25, 0.3) is 11.8 Å². The molecule has 2 aromatic carbocycles. The molecule has 0 spiro atoms. The van der Waals surface area contributed by atoms with E-state index >= 15 is 0 Å². The van der Waals surface area contributed by atoms with E-state index < -0.39 is 49.1 Å². The van der Waals surface area contributed by atoms with E-state index in [9.17, 15) is 30.0 Å². The van der Waals surface area contributed by atoms with E-state index in [2.05, 4.69) is 9.97 Å². The highest BCUT2D eigenvalue weighted by molar-refractivity contribution is 6.39. The number of nitrogens with zero attached hydrogens (tertiary/aromatic N) is 3. The largest absolute Gasteiger partial charge is 0.394 e. The number of para-hydroxylation sites is 1. The third kappa shape index (κ3) is 2.69. The Morgan fingerprint density at radius 1 is 0.973 bits per heavy atom. The number of aromatic nitrogens is 3. The van der Waals surface area contributed by atoms with Crippen molar-refractivity contribution < 1.29 is 34.8 Å². The summed E-state index contributed by atoms with van der Waals surface area (Å²) in [5, 5.41) is 44.1. The number of amides is 2. The van der Waals surface area contributed by atoms with Crippen molar-refractivity contribution in [3.63, 3.8) is 0 Å². The summed E-state index contributed by atoms with van der Waals surface area (Å²) in [6.07, 6.45) is -3.97. The summed E-state index contributed by atoms with van der Waals surface area (Å²) < 4.78 is 7.60. The summed E-state index contributed by atoms with van der Waals surface area (Å²) in [5.74, 6) is -0.886. The molecule has 37 heavy (non-hydrogen) atoms. The number of carbonyl (C=O) groups is 2. The maximum Gasteiger partial charge on any atom is 0.262 e. The topological polar surface area (TPSA) is 161 Å². The number of ether oxygens (including phenoxy) is 1. The number of hydrogen-bond donors (Lipinski definition) is 5. The quantitative estimate of drug-likeness (QED) is 0.224. The minimum Gasteiger partial charge on any atom is -0.394 e. The van der Waals surface area contributed by atoms with Gasteiger partial charge in [0.1, 0.15) is 24.4 Å². The fraction of sp³-hybridized carbons (Fsp3) is 0.269. The second-order valence-electron chi connectivity index (χ2n) is 9.55. The lowest BCUT2D eigenvalue weighted by molar-refractivity contribution is -0.249. The number of nitrogens with one attached hydrogen (secondary N) is 1. The Morgan fingerprint density at radius 3 is 2.46 bits per heavy atom. The summed E-state index contributed by atoms with van der Waals surface area (Å²) in [6.45, 7) is -0.588. The molecular weight excluding hydrogens is 480 g/mol. The molecule has 1 fully saturated rings. The van der Waals surface area contributed by atoms with Gasteiger partial charge < -0.3 is 34.7 Å². The van der Waals surface area contributed by atoms with Gasteiger partial charge in [-0.05, 0) is 12.1 Å². The van der Waals surface area contributed by atoms with Crippen LogP contribution in [0, 0.1) is 0 Å². The van der Waals surface area contributed by atoms with Gasteiger partial charge in [0.2, 0.25) is 0 Å². The Kier molecular flexibility index (Phi) is 4.57. The van der Waals surface area contributed by atoms with Crippen LogP contribution >= 0.6 is 0 Å². The predicted molar refractivity (Wildman–Crippen MR) is 132 cm³/mol. The van der Waals surface area contributed by atoms with Gasteiger partial charge in [-0.2, -0.15) is 0 Å². The maximum absolute atomic E-state index is 13.5. The Labute approximate surface area is 208 Å². The van der Waals surface area contributed by atoms with Gasteiger partial charge in [-0.3, -0.25) is 19.5 Å². The van der Waals surface area contributed by atoms with Crippen LogP contribution in [0.4, 0.5) is 0 Å². The number of fused-ring (bicyclic) bond motifs is 10. The predicted octanol–water partition coefficient (Wildman–Crippen LogP) is 1.02. The normalized spacial score (nSPS) is 26.3. The summed E-state index contributed by atoms with van der Waals surface area (Å²) in [6, 6.07) is 9.10. The van der Waals surface area contributed by atoms with E-state index in [4.69, 9.17) is 4.74 Å². The van der Waals surface area contributed by atoms with Crippen LogP contribution in [0.25, 0.3) is 43.6 Å². The van der Waals surface area contributed by atoms with E-state index in [1.54, 1.807) is 23.0 Å².